The maximum atomic E-state index is 5.34. The van der Waals surface area contributed by atoms with E-state index in [-0.39, 0.29) is 6.04 Å². The number of nitrogens with zero attached hydrogens (tertiary/aromatic N) is 6. The Balaban J connectivity index is 1.61. The lowest BCUT2D eigenvalue weighted by molar-refractivity contribution is 0.368. The Morgan fingerprint density at radius 3 is 2.92 bits per heavy atom. The molecule has 1 atom stereocenters. The van der Waals surface area contributed by atoms with Gasteiger partial charge in [-0.15, -0.1) is 0 Å². The molecule has 4 heterocycles. The number of hydrogen-bond donors (Lipinski definition) is 1. The molecular formula is C15H13N7O2. The summed E-state index contributed by atoms with van der Waals surface area (Å²) in [5.41, 5.74) is 1.93. The molecule has 0 amide bonds. The number of pyridine rings is 1. The van der Waals surface area contributed by atoms with E-state index in [1.165, 1.54) is 6.33 Å². The summed E-state index contributed by atoms with van der Waals surface area (Å²) in [5.74, 6) is 1.53. The van der Waals surface area contributed by atoms with Crippen LogP contribution in [0.2, 0.25) is 0 Å². The zero-order valence-corrected chi connectivity index (χ0v) is 13.0. The Hall–Kier alpha value is -3.36. The molecule has 4 aromatic heterocycles. The number of anilines is 1. The summed E-state index contributed by atoms with van der Waals surface area (Å²) in [6, 6.07) is 3.43. The van der Waals surface area contributed by atoms with Crippen molar-refractivity contribution < 1.29 is 9.05 Å². The Kier molecular flexibility index (Phi) is 3.38. The quantitative estimate of drug-likeness (QED) is 0.604. The highest BCUT2D eigenvalue weighted by Crippen LogP contribution is 2.26. The third-order valence-electron chi connectivity index (χ3n) is 3.53. The van der Waals surface area contributed by atoms with Gasteiger partial charge in [-0.05, 0) is 26.0 Å². The van der Waals surface area contributed by atoms with E-state index in [0.717, 1.165) is 10.9 Å². The van der Waals surface area contributed by atoms with Crippen molar-refractivity contribution in [2.45, 2.75) is 19.9 Å². The Morgan fingerprint density at radius 1 is 1.17 bits per heavy atom. The second-order valence-electron chi connectivity index (χ2n) is 5.23. The predicted octanol–water partition coefficient (Wildman–Crippen LogP) is 2.54. The molecule has 0 aliphatic rings. The van der Waals surface area contributed by atoms with Crippen molar-refractivity contribution >= 4 is 16.9 Å². The Labute approximate surface area is 136 Å². The second-order valence-corrected chi connectivity index (χ2v) is 5.23. The minimum atomic E-state index is -0.254. The van der Waals surface area contributed by atoms with Gasteiger partial charge in [-0.1, -0.05) is 10.3 Å². The molecule has 0 radical (unpaired) electrons. The molecule has 0 aromatic carbocycles. The van der Waals surface area contributed by atoms with Crippen LogP contribution in [0.4, 0.5) is 5.82 Å². The fourth-order valence-electron chi connectivity index (χ4n) is 2.32. The van der Waals surface area contributed by atoms with Crippen LogP contribution in [0.15, 0.2) is 39.9 Å². The van der Waals surface area contributed by atoms with Crippen molar-refractivity contribution in [2.24, 2.45) is 0 Å². The molecule has 4 rings (SSSR count). The smallest absolute Gasteiger partial charge is 0.263 e. The molecule has 24 heavy (non-hydrogen) atoms. The molecule has 0 saturated carbocycles. The second kappa shape index (κ2) is 5.69. The summed E-state index contributed by atoms with van der Waals surface area (Å²) >= 11 is 0. The van der Waals surface area contributed by atoms with E-state index in [2.05, 4.69) is 35.6 Å². The van der Waals surface area contributed by atoms with Crippen LogP contribution in [0.25, 0.3) is 22.5 Å². The molecule has 120 valence electrons. The van der Waals surface area contributed by atoms with E-state index in [1.54, 1.807) is 12.4 Å². The van der Waals surface area contributed by atoms with E-state index in [9.17, 15) is 0 Å². The van der Waals surface area contributed by atoms with Gasteiger partial charge in [-0.2, -0.15) is 9.97 Å². The van der Waals surface area contributed by atoms with E-state index >= 15 is 0 Å². The van der Waals surface area contributed by atoms with Crippen LogP contribution in [-0.2, 0) is 0 Å². The average molecular weight is 323 g/mol. The normalized spacial score (nSPS) is 12.4. The minimum absolute atomic E-state index is 0.254. The maximum Gasteiger partial charge on any atom is 0.263 e. The van der Waals surface area contributed by atoms with E-state index in [1.807, 2.05) is 26.0 Å². The number of fused-ring (bicyclic) bond motifs is 1. The van der Waals surface area contributed by atoms with Gasteiger partial charge < -0.3 is 14.4 Å². The molecular weight excluding hydrogens is 310 g/mol. The standard InChI is InChI=1S/C15H13N7O2/c1-8-11-13(17-7-18-15(11)24-21-8)19-9(2)14-20-12(22-23-14)10-4-3-5-16-6-10/h3-7,9H,1-2H3,(H,17,18,19)/t9-/m1/s1. The minimum Gasteiger partial charge on any atom is -0.358 e. The lowest BCUT2D eigenvalue weighted by Gasteiger charge is -2.10. The van der Waals surface area contributed by atoms with Gasteiger partial charge in [0.1, 0.15) is 23.6 Å². The number of nitrogens with one attached hydrogen (secondary N) is 1. The number of rotatable bonds is 4. The van der Waals surface area contributed by atoms with Crippen LogP contribution in [-0.4, -0.2) is 30.2 Å². The van der Waals surface area contributed by atoms with Crippen molar-refractivity contribution in [3.63, 3.8) is 0 Å². The molecule has 0 aliphatic carbocycles. The van der Waals surface area contributed by atoms with Crippen LogP contribution >= 0.6 is 0 Å². The zero-order chi connectivity index (χ0) is 16.5. The molecule has 9 nitrogen and oxygen atoms in total. The predicted molar refractivity (Wildman–Crippen MR) is 83.9 cm³/mol. The highest BCUT2D eigenvalue weighted by molar-refractivity contribution is 5.87. The third kappa shape index (κ3) is 2.45. The Morgan fingerprint density at radius 2 is 2.08 bits per heavy atom. The van der Waals surface area contributed by atoms with Gasteiger partial charge >= 0.3 is 0 Å². The van der Waals surface area contributed by atoms with Gasteiger partial charge in [-0.3, -0.25) is 4.98 Å². The van der Waals surface area contributed by atoms with Gasteiger partial charge in [0.25, 0.3) is 5.71 Å². The molecule has 0 aliphatic heterocycles. The molecule has 0 unspecified atom stereocenters. The van der Waals surface area contributed by atoms with Crippen LogP contribution < -0.4 is 5.32 Å². The average Bonchev–Trinajstić information content (AvgIpc) is 3.24. The highest BCUT2D eigenvalue weighted by Gasteiger charge is 2.19. The SMILES string of the molecule is Cc1noc2ncnc(N[C@H](C)c3nc(-c4cccnc4)no3)c12. The van der Waals surface area contributed by atoms with Crippen molar-refractivity contribution in [1.29, 1.82) is 0 Å². The van der Waals surface area contributed by atoms with Gasteiger partial charge in [0, 0.05) is 18.0 Å². The zero-order valence-electron chi connectivity index (χ0n) is 13.0. The topological polar surface area (TPSA) is 116 Å². The number of aromatic nitrogens is 6. The lowest BCUT2D eigenvalue weighted by Crippen LogP contribution is -2.09. The summed E-state index contributed by atoms with van der Waals surface area (Å²) < 4.78 is 10.5. The first-order chi connectivity index (χ1) is 11.7. The van der Waals surface area contributed by atoms with Crippen LogP contribution in [0, 0.1) is 6.92 Å². The molecule has 9 heteroatoms. The van der Waals surface area contributed by atoms with Crippen molar-refractivity contribution in [1.82, 2.24) is 30.2 Å². The molecule has 0 saturated heterocycles. The van der Waals surface area contributed by atoms with E-state index in [0.29, 0.717) is 28.9 Å². The summed E-state index contributed by atoms with van der Waals surface area (Å²) in [5, 5.41) is 11.9. The van der Waals surface area contributed by atoms with Gasteiger partial charge in [0.05, 0.1) is 5.69 Å². The first-order valence-corrected chi connectivity index (χ1v) is 7.30. The molecule has 0 spiro atoms. The van der Waals surface area contributed by atoms with Gasteiger partial charge in [0.15, 0.2) is 0 Å². The maximum absolute atomic E-state index is 5.34. The lowest BCUT2D eigenvalue weighted by atomic mass is 10.2. The monoisotopic (exact) mass is 323 g/mol. The number of hydrogen-bond acceptors (Lipinski definition) is 9. The fourth-order valence-corrected chi connectivity index (χ4v) is 2.32. The summed E-state index contributed by atoms with van der Waals surface area (Å²) in [6.45, 7) is 3.73. The first-order valence-electron chi connectivity index (χ1n) is 7.30. The molecule has 0 bridgehead atoms. The van der Waals surface area contributed by atoms with Gasteiger partial charge in [0.2, 0.25) is 11.7 Å². The molecule has 4 aromatic rings. The van der Waals surface area contributed by atoms with Crippen molar-refractivity contribution in [2.75, 3.05) is 5.32 Å². The van der Waals surface area contributed by atoms with Crippen LogP contribution in [0.5, 0.6) is 0 Å². The third-order valence-corrected chi connectivity index (χ3v) is 3.53. The number of aryl methyl sites for hydroxylation is 1. The summed E-state index contributed by atoms with van der Waals surface area (Å²) in [7, 11) is 0. The van der Waals surface area contributed by atoms with Gasteiger partial charge in [-0.25, -0.2) is 4.98 Å². The van der Waals surface area contributed by atoms with E-state index < -0.39 is 0 Å². The van der Waals surface area contributed by atoms with Crippen LogP contribution in [0.1, 0.15) is 24.6 Å². The van der Waals surface area contributed by atoms with E-state index in [4.69, 9.17) is 9.05 Å². The van der Waals surface area contributed by atoms with Crippen molar-refractivity contribution in [3.8, 4) is 11.4 Å². The van der Waals surface area contributed by atoms with Crippen molar-refractivity contribution in [3.05, 3.63) is 42.4 Å². The highest BCUT2D eigenvalue weighted by atomic mass is 16.5. The molecule has 0 fully saturated rings. The summed E-state index contributed by atoms with van der Waals surface area (Å²) in [4.78, 5) is 16.7. The first kappa shape index (κ1) is 14.2. The molecule has 1 N–H and O–H groups in total. The fraction of sp³-hybridized carbons (Fsp3) is 0.200. The summed E-state index contributed by atoms with van der Waals surface area (Å²) in [6.07, 6.45) is 4.79. The Bertz CT molecular complexity index is 980. The van der Waals surface area contributed by atoms with Crippen LogP contribution in [0.3, 0.4) is 0 Å². The largest absolute Gasteiger partial charge is 0.358 e.